The molecule has 0 spiro atoms. The first-order valence-corrected chi connectivity index (χ1v) is 8.77. The van der Waals surface area contributed by atoms with E-state index in [-0.39, 0.29) is 20.6 Å². The van der Waals surface area contributed by atoms with Crippen LogP contribution in [0.25, 0.3) is 0 Å². The Balaban J connectivity index is 2.51. The molecule has 8 heteroatoms. The average Bonchev–Trinajstić information content (AvgIpc) is 2.37. The number of rotatable bonds is 3. The molecular formula is C13H11BrCl2N2O2S. The van der Waals surface area contributed by atoms with Crippen LogP contribution in [-0.4, -0.2) is 8.42 Å². The Morgan fingerprint density at radius 3 is 2.52 bits per heavy atom. The van der Waals surface area contributed by atoms with E-state index < -0.39 is 10.0 Å². The van der Waals surface area contributed by atoms with E-state index in [0.29, 0.717) is 15.7 Å². The molecule has 21 heavy (non-hydrogen) atoms. The minimum Gasteiger partial charge on any atom is -0.398 e. The predicted molar refractivity (Wildman–Crippen MR) is 90.6 cm³/mol. The van der Waals surface area contributed by atoms with Crippen LogP contribution in [0.3, 0.4) is 0 Å². The number of hydrogen-bond donors (Lipinski definition) is 2. The van der Waals surface area contributed by atoms with Gasteiger partial charge in [-0.2, -0.15) is 0 Å². The van der Waals surface area contributed by atoms with Crippen LogP contribution in [0.15, 0.2) is 39.7 Å². The van der Waals surface area contributed by atoms with Crippen LogP contribution in [-0.2, 0) is 10.0 Å². The van der Waals surface area contributed by atoms with Crippen molar-refractivity contribution in [2.75, 3.05) is 10.5 Å². The zero-order valence-electron chi connectivity index (χ0n) is 10.8. The third-order valence-corrected chi connectivity index (χ3v) is 5.36. The van der Waals surface area contributed by atoms with Crippen LogP contribution in [0, 0.1) is 6.92 Å². The maximum absolute atomic E-state index is 12.5. The Morgan fingerprint density at radius 1 is 1.19 bits per heavy atom. The standard InChI is InChI=1S/C13H11BrCl2N2O2S/c1-7-11(17)5-9(15)6-13(7)21(19,20)18-12-4-8(14)2-3-10(12)16/h2-6,18H,17H2,1H3. The van der Waals surface area contributed by atoms with Gasteiger partial charge < -0.3 is 5.73 Å². The molecule has 2 aromatic rings. The first-order chi connectivity index (χ1) is 9.70. The molecule has 0 radical (unpaired) electrons. The fraction of sp³-hybridized carbons (Fsp3) is 0.0769. The van der Waals surface area contributed by atoms with Gasteiger partial charge in [-0.25, -0.2) is 8.42 Å². The van der Waals surface area contributed by atoms with E-state index in [0.717, 1.165) is 0 Å². The number of anilines is 2. The van der Waals surface area contributed by atoms with Gasteiger partial charge in [-0.3, -0.25) is 4.72 Å². The normalized spacial score (nSPS) is 11.4. The molecule has 2 rings (SSSR count). The van der Waals surface area contributed by atoms with Crippen molar-refractivity contribution in [1.82, 2.24) is 0 Å². The van der Waals surface area contributed by atoms with Gasteiger partial charge in [0.1, 0.15) is 0 Å². The maximum atomic E-state index is 12.5. The highest BCUT2D eigenvalue weighted by molar-refractivity contribution is 9.10. The van der Waals surface area contributed by atoms with Crippen molar-refractivity contribution in [3.63, 3.8) is 0 Å². The number of nitrogen functional groups attached to an aromatic ring is 1. The van der Waals surface area contributed by atoms with E-state index in [2.05, 4.69) is 20.7 Å². The van der Waals surface area contributed by atoms with Gasteiger partial charge in [0.05, 0.1) is 15.6 Å². The summed E-state index contributed by atoms with van der Waals surface area (Å²) in [7, 11) is -3.85. The molecule has 4 nitrogen and oxygen atoms in total. The van der Waals surface area contributed by atoms with Crippen molar-refractivity contribution < 1.29 is 8.42 Å². The second-order valence-electron chi connectivity index (χ2n) is 4.35. The summed E-state index contributed by atoms with van der Waals surface area (Å²) in [5, 5.41) is 0.535. The smallest absolute Gasteiger partial charge is 0.262 e. The van der Waals surface area contributed by atoms with Crippen molar-refractivity contribution >= 4 is 60.5 Å². The maximum Gasteiger partial charge on any atom is 0.262 e. The summed E-state index contributed by atoms with van der Waals surface area (Å²) in [6, 6.07) is 7.72. The van der Waals surface area contributed by atoms with Crippen LogP contribution in [0.4, 0.5) is 11.4 Å². The number of nitrogens with one attached hydrogen (secondary N) is 1. The zero-order valence-corrected chi connectivity index (χ0v) is 14.7. The lowest BCUT2D eigenvalue weighted by Gasteiger charge is -2.13. The first-order valence-electron chi connectivity index (χ1n) is 5.74. The quantitative estimate of drug-likeness (QED) is 0.735. The summed E-state index contributed by atoms with van der Waals surface area (Å²) in [6.45, 7) is 1.61. The highest BCUT2D eigenvalue weighted by Crippen LogP contribution is 2.31. The van der Waals surface area contributed by atoms with Crippen molar-refractivity contribution in [3.8, 4) is 0 Å². The summed E-state index contributed by atoms with van der Waals surface area (Å²) in [5.74, 6) is 0. The lowest BCUT2D eigenvalue weighted by Crippen LogP contribution is -2.15. The Labute approximate surface area is 141 Å². The molecule has 0 atom stereocenters. The summed E-state index contributed by atoms with van der Waals surface area (Å²) in [6.07, 6.45) is 0. The Morgan fingerprint density at radius 2 is 1.86 bits per heavy atom. The molecule has 0 saturated carbocycles. The fourth-order valence-electron chi connectivity index (χ4n) is 1.73. The molecule has 0 bridgehead atoms. The lowest BCUT2D eigenvalue weighted by molar-refractivity contribution is 0.600. The lowest BCUT2D eigenvalue weighted by atomic mass is 10.2. The van der Waals surface area contributed by atoms with Crippen molar-refractivity contribution in [2.45, 2.75) is 11.8 Å². The van der Waals surface area contributed by atoms with E-state index in [1.165, 1.54) is 12.1 Å². The van der Waals surface area contributed by atoms with Gasteiger partial charge in [-0.1, -0.05) is 39.1 Å². The molecule has 2 aromatic carbocycles. The van der Waals surface area contributed by atoms with Gasteiger partial charge in [0, 0.05) is 15.2 Å². The Kier molecular flexibility index (Phi) is 4.72. The van der Waals surface area contributed by atoms with Crippen LogP contribution >= 0.6 is 39.1 Å². The number of hydrogen-bond acceptors (Lipinski definition) is 3. The molecular weight excluding hydrogens is 399 g/mol. The van der Waals surface area contributed by atoms with Crippen molar-refractivity contribution in [1.29, 1.82) is 0 Å². The van der Waals surface area contributed by atoms with Crippen LogP contribution in [0.1, 0.15) is 5.56 Å². The number of nitrogens with two attached hydrogens (primary N) is 1. The third-order valence-electron chi connectivity index (χ3n) is 2.83. The fourth-order valence-corrected chi connectivity index (χ4v) is 3.97. The average molecular weight is 410 g/mol. The molecule has 0 aromatic heterocycles. The molecule has 0 aliphatic rings. The predicted octanol–water partition coefficient (Wildman–Crippen LogP) is 4.45. The van der Waals surface area contributed by atoms with Gasteiger partial charge in [0.25, 0.3) is 10.0 Å². The van der Waals surface area contributed by atoms with Gasteiger partial charge in [-0.15, -0.1) is 0 Å². The molecule has 3 N–H and O–H groups in total. The number of benzene rings is 2. The minimum atomic E-state index is -3.85. The minimum absolute atomic E-state index is 0.0172. The first kappa shape index (κ1) is 16.4. The van der Waals surface area contributed by atoms with Gasteiger partial charge >= 0.3 is 0 Å². The zero-order chi connectivity index (χ0) is 15.8. The van der Waals surface area contributed by atoms with E-state index in [9.17, 15) is 8.42 Å². The second-order valence-corrected chi connectivity index (χ2v) is 7.76. The molecule has 0 unspecified atom stereocenters. The molecule has 0 amide bonds. The molecule has 0 fully saturated rings. The van der Waals surface area contributed by atoms with Crippen LogP contribution in [0.5, 0.6) is 0 Å². The second kappa shape index (κ2) is 6.04. The van der Waals surface area contributed by atoms with E-state index in [4.69, 9.17) is 28.9 Å². The van der Waals surface area contributed by atoms with Gasteiger partial charge in [0.2, 0.25) is 0 Å². The van der Waals surface area contributed by atoms with Crippen molar-refractivity contribution in [3.05, 3.63) is 50.4 Å². The van der Waals surface area contributed by atoms with Gasteiger partial charge in [0.15, 0.2) is 0 Å². The van der Waals surface area contributed by atoms with E-state index in [1.807, 2.05) is 0 Å². The largest absolute Gasteiger partial charge is 0.398 e. The topological polar surface area (TPSA) is 72.2 Å². The Bertz CT molecular complexity index is 810. The summed E-state index contributed by atoms with van der Waals surface area (Å²) < 4.78 is 28.1. The highest BCUT2D eigenvalue weighted by atomic mass is 79.9. The summed E-state index contributed by atoms with van der Waals surface area (Å²) in [5.41, 5.74) is 6.76. The Hall–Kier alpha value is -0.950. The molecule has 0 aliphatic heterocycles. The summed E-state index contributed by atoms with van der Waals surface area (Å²) >= 11 is 15.1. The molecule has 112 valence electrons. The van der Waals surface area contributed by atoms with E-state index >= 15 is 0 Å². The van der Waals surface area contributed by atoms with E-state index in [1.54, 1.807) is 25.1 Å². The van der Waals surface area contributed by atoms with Crippen LogP contribution < -0.4 is 10.5 Å². The van der Waals surface area contributed by atoms with Crippen molar-refractivity contribution in [2.24, 2.45) is 0 Å². The third kappa shape index (κ3) is 3.63. The molecule has 0 heterocycles. The number of sulfonamides is 1. The van der Waals surface area contributed by atoms with Crippen LogP contribution in [0.2, 0.25) is 10.0 Å². The highest BCUT2D eigenvalue weighted by Gasteiger charge is 2.20. The SMILES string of the molecule is Cc1c(N)cc(Cl)cc1S(=O)(=O)Nc1cc(Br)ccc1Cl. The monoisotopic (exact) mass is 408 g/mol. The molecule has 0 saturated heterocycles. The summed E-state index contributed by atoms with van der Waals surface area (Å²) in [4.78, 5) is 0.0172. The molecule has 0 aliphatic carbocycles. The van der Waals surface area contributed by atoms with Gasteiger partial charge in [-0.05, 0) is 42.8 Å². The number of halogens is 3.